The molecule has 1 aliphatic rings. The van der Waals surface area contributed by atoms with Crippen molar-refractivity contribution in [2.24, 2.45) is 5.41 Å². The third-order valence-electron chi connectivity index (χ3n) is 4.30. The summed E-state index contributed by atoms with van der Waals surface area (Å²) < 4.78 is 5.17. The van der Waals surface area contributed by atoms with Crippen molar-refractivity contribution >= 4 is 0 Å². The Hall–Kier alpha value is -0.860. The third-order valence-corrected chi connectivity index (χ3v) is 4.30. The molecule has 1 aromatic rings. The van der Waals surface area contributed by atoms with Crippen LogP contribution in [0.4, 0.5) is 0 Å². The van der Waals surface area contributed by atoms with Crippen LogP contribution in [0.25, 0.3) is 0 Å². The van der Waals surface area contributed by atoms with Gasteiger partial charge in [0.2, 0.25) is 0 Å². The van der Waals surface area contributed by atoms with Gasteiger partial charge in [-0.1, -0.05) is 37.6 Å². The zero-order valence-corrected chi connectivity index (χ0v) is 11.7. The van der Waals surface area contributed by atoms with Crippen molar-refractivity contribution in [3.63, 3.8) is 0 Å². The van der Waals surface area contributed by atoms with E-state index >= 15 is 0 Å². The van der Waals surface area contributed by atoms with E-state index < -0.39 is 0 Å². The van der Waals surface area contributed by atoms with Gasteiger partial charge in [-0.2, -0.15) is 0 Å². The summed E-state index contributed by atoms with van der Waals surface area (Å²) in [6.45, 7) is 5.16. The molecule has 0 aromatic heterocycles. The van der Waals surface area contributed by atoms with Gasteiger partial charge in [0.15, 0.2) is 0 Å². The summed E-state index contributed by atoms with van der Waals surface area (Å²) in [6, 6.07) is 8.65. The van der Waals surface area contributed by atoms with Gasteiger partial charge in [-0.3, -0.25) is 0 Å². The maximum Gasteiger partial charge on any atom is 0.0713 e. The molecule has 2 heteroatoms. The highest BCUT2D eigenvalue weighted by molar-refractivity contribution is 5.22. The highest BCUT2D eigenvalue weighted by Crippen LogP contribution is 2.43. The van der Waals surface area contributed by atoms with Crippen LogP contribution < -0.4 is 5.32 Å². The second-order valence-electron chi connectivity index (χ2n) is 5.56. The molecule has 0 saturated heterocycles. The van der Waals surface area contributed by atoms with Crippen LogP contribution in [0.2, 0.25) is 0 Å². The van der Waals surface area contributed by atoms with Crippen LogP contribution in [-0.2, 0) is 17.9 Å². The molecule has 1 aromatic carbocycles. The molecule has 0 atom stereocenters. The van der Waals surface area contributed by atoms with Gasteiger partial charge in [-0.25, -0.2) is 0 Å². The average molecular weight is 247 g/mol. The minimum atomic E-state index is 0.601. The van der Waals surface area contributed by atoms with E-state index in [1.165, 1.54) is 36.8 Å². The molecule has 0 amide bonds. The Labute approximate surface area is 111 Å². The minimum Gasteiger partial charge on any atom is -0.380 e. The van der Waals surface area contributed by atoms with Crippen molar-refractivity contribution in [3.05, 3.63) is 35.4 Å². The summed E-state index contributed by atoms with van der Waals surface area (Å²) in [7, 11) is 1.74. The normalized spacial score (nSPS) is 17.4. The molecule has 2 nitrogen and oxygen atoms in total. The Morgan fingerprint density at radius 3 is 2.67 bits per heavy atom. The van der Waals surface area contributed by atoms with E-state index in [9.17, 15) is 0 Å². The summed E-state index contributed by atoms with van der Waals surface area (Å²) >= 11 is 0. The van der Waals surface area contributed by atoms with Gasteiger partial charge in [-0.05, 0) is 35.8 Å². The Balaban J connectivity index is 1.80. The van der Waals surface area contributed by atoms with E-state index in [0.29, 0.717) is 12.0 Å². The van der Waals surface area contributed by atoms with Crippen molar-refractivity contribution in [2.45, 2.75) is 45.8 Å². The predicted octanol–water partition coefficient (Wildman–Crippen LogP) is 3.50. The van der Waals surface area contributed by atoms with Gasteiger partial charge in [0.05, 0.1) is 6.61 Å². The number of ether oxygens (including phenoxy) is 1. The monoisotopic (exact) mass is 247 g/mol. The van der Waals surface area contributed by atoms with Gasteiger partial charge in [-0.15, -0.1) is 0 Å². The van der Waals surface area contributed by atoms with Gasteiger partial charge < -0.3 is 10.1 Å². The average Bonchev–Trinajstić information content (AvgIpc) is 2.34. The number of rotatable bonds is 7. The molecule has 0 heterocycles. The molecule has 2 rings (SSSR count). The van der Waals surface area contributed by atoms with E-state index in [4.69, 9.17) is 4.74 Å². The molecule has 0 bridgehead atoms. The Morgan fingerprint density at radius 1 is 1.28 bits per heavy atom. The van der Waals surface area contributed by atoms with Crippen molar-refractivity contribution in [2.75, 3.05) is 13.7 Å². The van der Waals surface area contributed by atoms with Crippen LogP contribution >= 0.6 is 0 Å². The second kappa shape index (κ2) is 6.35. The fourth-order valence-electron chi connectivity index (χ4n) is 2.80. The highest BCUT2D eigenvalue weighted by Gasteiger charge is 2.34. The third kappa shape index (κ3) is 3.33. The van der Waals surface area contributed by atoms with Gasteiger partial charge in [0.25, 0.3) is 0 Å². The molecule has 100 valence electrons. The van der Waals surface area contributed by atoms with Crippen LogP contribution in [-0.4, -0.2) is 13.7 Å². The zero-order valence-electron chi connectivity index (χ0n) is 11.7. The van der Waals surface area contributed by atoms with Crippen LogP contribution in [0.3, 0.4) is 0 Å². The number of methoxy groups -OCH3 is 1. The maximum atomic E-state index is 5.17. The number of nitrogens with one attached hydrogen (secondary N) is 1. The first kappa shape index (κ1) is 13.6. The lowest BCUT2D eigenvalue weighted by Gasteiger charge is -2.41. The number of hydrogen-bond acceptors (Lipinski definition) is 2. The van der Waals surface area contributed by atoms with Gasteiger partial charge in [0.1, 0.15) is 0 Å². The summed E-state index contributed by atoms with van der Waals surface area (Å²) in [6.07, 6.45) is 5.53. The lowest BCUT2D eigenvalue weighted by atomic mass is 9.67. The summed E-state index contributed by atoms with van der Waals surface area (Å²) in [5, 5.41) is 3.62. The van der Waals surface area contributed by atoms with Gasteiger partial charge >= 0.3 is 0 Å². The lowest BCUT2D eigenvalue weighted by Crippen LogP contribution is -2.39. The van der Waals surface area contributed by atoms with Crippen molar-refractivity contribution in [1.82, 2.24) is 5.32 Å². The molecule has 1 N–H and O–H groups in total. The van der Waals surface area contributed by atoms with Crippen LogP contribution in [0, 0.1) is 5.41 Å². The molecule has 0 aliphatic heterocycles. The molecule has 1 fully saturated rings. The Bertz CT molecular complexity index is 366. The molecule has 0 radical (unpaired) electrons. The smallest absolute Gasteiger partial charge is 0.0713 e. The molecule has 1 saturated carbocycles. The number of benzene rings is 1. The van der Waals surface area contributed by atoms with E-state index in [1.54, 1.807) is 7.11 Å². The first-order valence-corrected chi connectivity index (χ1v) is 7.05. The Morgan fingerprint density at radius 2 is 2.06 bits per heavy atom. The molecular weight excluding hydrogens is 222 g/mol. The predicted molar refractivity (Wildman–Crippen MR) is 75.4 cm³/mol. The van der Waals surface area contributed by atoms with Crippen LogP contribution in [0.15, 0.2) is 24.3 Å². The standard InChI is InChI=1S/C16H25NO/c1-3-16(8-5-9-16)13-17-11-14-6-4-7-15(10-14)12-18-2/h4,6-7,10,17H,3,5,8-9,11-13H2,1-2H3. The largest absolute Gasteiger partial charge is 0.380 e. The number of hydrogen-bond donors (Lipinski definition) is 1. The SMILES string of the molecule is CCC1(CNCc2cccc(COC)c2)CCC1. The molecular formula is C16H25NO. The van der Waals surface area contributed by atoms with Crippen LogP contribution in [0.1, 0.15) is 43.7 Å². The Kier molecular flexibility index (Phi) is 4.79. The molecule has 1 aliphatic carbocycles. The molecule has 0 spiro atoms. The molecule has 18 heavy (non-hydrogen) atoms. The van der Waals surface area contributed by atoms with E-state index in [1.807, 2.05) is 0 Å². The van der Waals surface area contributed by atoms with E-state index in [2.05, 4.69) is 36.5 Å². The highest BCUT2D eigenvalue weighted by atomic mass is 16.5. The maximum absolute atomic E-state index is 5.17. The first-order chi connectivity index (χ1) is 8.78. The van der Waals surface area contributed by atoms with Crippen molar-refractivity contribution < 1.29 is 4.74 Å². The van der Waals surface area contributed by atoms with Crippen molar-refractivity contribution in [1.29, 1.82) is 0 Å². The topological polar surface area (TPSA) is 21.3 Å². The zero-order chi connectivity index (χ0) is 12.8. The fourth-order valence-corrected chi connectivity index (χ4v) is 2.80. The lowest BCUT2D eigenvalue weighted by molar-refractivity contribution is 0.124. The van der Waals surface area contributed by atoms with E-state index in [0.717, 1.165) is 13.1 Å². The summed E-state index contributed by atoms with van der Waals surface area (Å²) in [5.41, 5.74) is 3.21. The minimum absolute atomic E-state index is 0.601. The van der Waals surface area contributed by atoms with Gasteiger partial charge in [0, 0.05) is 20.2 Å². The second-order valence-corrected chi connectivity index (χ2v) is 5.56. The van der Waals surface area contributed by atoms with E-state index in [-0.39, 0.29) is 0 Å². The fraction of sp³-hybridized carbons (Fsp3) is 0.625. The van der Waals surface area contributed by atoms with Crippen LogP contribution in [0.5, 0.6) is 0 Å². The van der Waals surface area contributed by atoms with Crippen molar-refractivity contribution in [3.8, 4) is 0 Å². The summed E-state index contributed by atoms with van der Waals surface area (Å²) in [4.78, 5) is 0. The quantitative estimate of drug-likeness (QED) is 0.796. The first-order valence-electron chi connectivity index (χ1n) is 7.05. The molecule has 0 unspecified atom stereocenters. The summed E-state index contributed by atoms with van der Waals surface area (Å²) in [5.74, 6) is 0.